The van der Waals surface area contributed by atoms with Crippen LogP contribution in [0, 0.1) is 6.92 Å². The predicted octanol–water partition coefficient (Wildman–Crippen LogP) is 2.28. The number of urea groups is 1. The number of imide groups is 2. The number of carboxylic acids is 1. The summed E-state index contributed by atoms with van der Waals surface area (Å²) in [6.07, 6.45) is 1.23. The van der Waals surface area contributed by atoms with Crippen molar-refractivity contribution in [2.75, 3.05) is 4.90 Å². The molecule has 0 atom stereocenters. The van der Waals surface area contributed by atoms with Crippen molar-refractivity contribution in [1.29, 1.82) is 0 Å². The standard InChI is InChI=1S/C23H16N2O6/c1-13-5-7-16(8-6-13)25-21(27)18(20(26)24-23(25)30)12-17-9-10-19(31-17)14-3-2-4-15(11-14)22(28)29/h2-12H,1H3,(H,28,29)(H,24,26,30)/p-1. The molecular formula is C23H15N2O6-. The molecule has 0 spiro atoms. The van der Waals surface area contributed by atoms with E-state index >= 15 is 0 Å². The molecule has 0 unspecified atom stereocenters. The summed E-state index contributed by atoms with van der Waals surface area (Å²) < 4.78 is 5.66. The molecule has 1 aromatic heterocycles. The molecule has 1 N–H and O–H groups in total. The molecule has 1 fully saturated rings. The lowest BCUT2D eigenvalue weighted by Gasteiger charge is -2.26. The van der Waals surface area contributed by atoms with E-state index in [9.17, 15) is 24.3 Å². The maximum Gasteiger partial charge on any atom is 0.335 e. The number of barbiturate groups is 1. The van der Waals surface area contributed by atoms with E-state index in [1.807, 2.05) is 6.92 Å². The van der Waals surface area contributed by atoms with Gasteiger partial charge in [0.15, 0.2) is 0 Å². The maximum absolute atomic E-state index is 12.9. The minimum Gasteiger partial charge on any atom is -0.545 e. The predicted molar refractivity (Wildman–Crippen MR) is 109 cm³/mol. The van der Waals surface area contributed by atoms with Crippen molar-refractivity contribution in [3.63, 3.8) is 0 Å². The molecule has 0 radical (unpaired) electrons. The second kappa shape index (κ2) is 7.75. The highest BCUT2D eigenvalue weighted by molar-refractivity contribution is 6.39. The first-order chi connectivity index (χ1) is 14.8. The van der Waals surface area contributed by atoms with Gasteiger partial charge in [-0.15, -0.1) is 0 Å². The number of benzene rings is 2. The fourth-order valence-electron chi connectivity index (χ4n) is 3.11. The smallest absolute Gasteiger partial charge is 0.335 e. The minimum atomic E-state index is -1.32. The van der Waals surface area contributed by atoms with Gasteiger partial charge in [-0.2, -0.15) is 0 Å². The topological polar surface area (TPSA) is 120 Å². The van der Waals surface area contributed by atoms with Gasteiger partial charge >= 0.3 is 6.03 Å². The number of amides is 4. The molecule has 8 heteroatoms. The third kappa shape index (κ3) is 3.86. The first-order valence-electron chi connectivity index (χ1n) is 9.23. The molecular weight excluding hydrogens is 400 g/mol. The van der Waals surface area contributed by atoms with Crippen molar-refractivity contribution in [3.05, 3.63) is 83.1 Å². The van der Waals surface area contributed by atoms with Crippen LogP contribution in [0.4, 0.5) is 10.5 Å². The Labute approximate surface area is 176 Å². The summed E-state index contributed by atoms with van der Waals surface area (Å²) in [6.45, 7) is 1.87. The largest absolute Gasteiger partial charge is 0.545 e. The third-order valence-electron chi connectivity index (χ3n) is 4.69. The zero-order valence-electron chi connectivity index (χ0n) is 16.2. The molecule has 154 valence electrons. The zero-order valence-corrected chi connectivity index (χ0v) is 16.2. The first-order valence-corrected chi connectivity index (χ1v) is 9.23. The highest BCUT2D eigenvalue weighted by Crippen LogP contribution is 2.26. The van der Waals surface area contributed by atoms with Crippen molar-refractivity contribution in [2.45, 2.75) is 6.92 Å². The SMILES string of the molecule is Cc1ccc(N2C(=O)NC(=O)C(=Cc3ccc(-c4cccc(C(=O)[O-])c4)o3)C2=O)cc1. The first kappa shape index (κ1) is 19.8. The average Bonchev–Trinajstić information content (AvgIpc) is 3.21. The molecule has 4 amide bonds. The number of aromatic carboxylic acids is 1. The summed E-state index contributed by atoms with van der Waals surface area (Å²) in [5.74, 6) is -2.42. The van der Waals surface area contributed by atoms with E-state index in [0.29, 0.717) is 17.0 Å². The molecule has 4 rings (SSSR count). The number of furan rings is 1. The van der Waals surface area contributed by atoms with Crippen molar-refractivity contribution >= 4 is 35.6 Å². The minimum absolute atomic E-state index is 0.0112. The summed E-state index contributed by atoms with van der Waals surface area (Å²) in [5.41, 5.74) is 1.48. The van der Waals surface area contributed by atoms with Crippen molar-refractivity contribution < 1.29 is 28.7 Å². The van der Waals surface area contributed by atoms with Crippen LogP contribution in [-0.2, 0) is 9.59 Å². The molecule has 0 aliphatic carbocycles. The van der Waals surface area contributed by atoms with Crippen molar-refractivity contribution in [1.82, 2.24) is 5.32 Å². The Kier molecular flexibility index (Phi) is 4.96. The number of aryl methyl sites for hydroxylation is 1. The lowest BCUT2D eigenvalue weighted by Crippen LogP contribution is -2.54. The second-order valence-electron chi connectivity index (χ2n) is 6.86. The third-order valence-corrected chi connectivity index (χ3v) is 4.69. The van der Waals surface area contributed by atoms with Crippen molar-refractivity contribution in [2.24, 2.45) is 0 Å². The quantitative estimate of drug-likeness (QED) is 0.516. The molecule has 1 aliphatic heterocycles. The molecule has 2 heterocycles. The lowest BCUT2D eigenvalue weighted by molar-refractivity contribution is -0.255. The van der Waals surface area contributed by atoms with E-state index in [4.69, 9.17) is 4.42 Å². The molecule has 3 aromatic rings. The van der Waals surface area contributed by atoms with Crippen LogP contribution in [0.5, 0.6) is 0 Å². The number of hydrogen-bond donors (Lipinski definition) is 1. The van der Waals surface area contributed by atoms with Gasteiger partial charge in [-0.1, -0.05) is 35.9 Å². The number of nitrogens with zero attached hydrogens (tertiary/aromatic N) is 1. The zero-order chi connectivity index (χ0) is 22.1. The van der Waals surface area contributed by atoms with E-state index in [2.05, 4.69) is 5.32 Å². The average molecular weight is 415 g/mol. The van der Waals surface area contributed by atoms with Gasteiger partial charge in [-0.05, 0) is 48.9 Å². The van der Waals surface area contributed by atoms with Gasteiger partial charge in [-0.25, -0.2) is 9.69 Å². The number of nitrogens with one attached hydrogen (secondary N) is 1. The monoisotopic (exact) mass is 415 g/mol. The number of carbonyl (C=O) groups is 4. The highest BCUT2D eigenvalue weighted by Gasteiger charge is 2.37. The van der Waals surface area contributed by atoms with E-state index in [0.717, 1.165) is 10.5 Å². The van der Waals surface area contributed by atoms with E-state index < -0.39 is 23.8 Å². The normalized spacial score (nSPS) is 15.3. The summed E-state index contributed by atoms with van der Waals surface area (Å²) in [4.78, 5) is 49.4. The molecule has 31 heavy (non-hydrogen) atoms. The van der Waals surface area contributed by atoms with Crippen LogP contribution in [0.15, 0.2) is 70.7 Å². The van der Waals surface area contributed by atoms with E-state index in [1.54, 1.807) is 42.5 Å². The van der Waals surface area contributed by atoms with E-state index in [-0.39, 0.29) is 16.9 Å². The Bertz CT molecular complexity index is 1250. The van der Waals surface area contributed by atoms with Gasteiger partial charge in [0.25, 0.3) is 11.8 Å². The van der Waals surface area contributed by atoms with Crippen LogP contribution >= 0.6 is 0 Å². The summed E-state index contributed by atoms with van der Waals surface area (Å²) in [6, 6.07) is 15.0. The molecule has 0 bridgehead atoms. The van der Waals surface area contributed by atoms with Gasteiger partial charge in [0, 0.05) is 5.56 Å². The fourth-order valence-corrected chi connectivity index (χ4v) is 3.11. The number of carbonyl (C=O) groups excluding carboxylic acids is 4. The molecule has 2 aromatic carbocycles. The van der Waals surface area contributed by atoms with Crippen LogP contribution in [0.25, 0.3) is 17.4 Å². The summed E-state index contributed by atoms with van der Waals surface area (Å²) in [7, 11) is 0. The fraction of sp³-hybridized carbons (Fsp3) is 0.0435. The van der Waals surface area contributed by atoms with E-state index in [1.165, 1.54) is 24.3 Å². The summed E-state index contributed by atoms with van der Waals surface area (Å²) in [5, 5.41) is 13.2. The van der Waals surface area contributed by atoms with Crippen LogP contribution in [0.1, 0.15) is 21.7 Å². The van der Waals surface area contributed by atoms with Gasteiger partial charge in [0.1, 0.15) is 17.1 Å². The van der Waals surface area contributed by atoms with Gasteiger partial charge < -0.3 is 14.3 Å². The van der Waals surface area contributed by atoms with Crippen LogP contribution in [0.2, 0.25) is 0 Å². The Balaban J connectivity index is 1.66. The number of anilines is 1. The van der Waals surface area contributed by atoms with Crippen LogP contribution in [0.3, 0.4) is 0 Å². The van der Waals surface area contributed by atoms with Crippen LogP contribution < -0.4 is 15.3 Å². The Morgan fingerprint density at radius 3 is 2.48 bits per heavy atom. The molecule has 8 nitrogen and oxygen atoms in total. The highest BCUT2D eigenvalue weighted by atomic mass is 16.4. The van der Waals surface area contributed by atoms with Gasteiger partial charge in [0.2, 0.25) is 0 Å². The summed E-state index contributed by atoms with van der Waals surface area (Å²) >= 11 is 0. The van der Waals surface area contributed by atoms with Gasteiger partial charge in [-0.3, -0.25) is 14.9 Å². The second-order valence-corrected chi connectivity index (χ2v) is 6.86. The molecule has 0 saturated carbocycles. The molecule has 1 aliphatic rings. The van der Waals surface area contributed by atoms with Gasteiger partial charge in [0.05, 0.1) is 11.7 Å². The lowest BCUT2D eigenvalue weighted by atomic mass is 10.1. The van der Waals surface area contributed by atoms with Crippen molar-refractivity contribution in [3.8, 4) is 11.3 Å². The number of rotatable bonds is 4. The Hall–Kier alpha value is -4.46. The Morgan fingerprint density at radius 2 is 1.77 bits per heavy atom. The molecule has 1 saturated heterocycles. The maximum atomic E-state index is 12.9. The van der Waals surface area contributed by atoms with Crippen LogP contribution in [-0.4, -0.2) is 23.8 Å². The Morgan fingerprint density at radius 1 is 1.03 bits per heavy atom. The number of carboxylic acid groups (broad SMARTS) is 1. The number of hydrogen-bond acceptors (Lipinski definition) is 6.